The Kier molecular flexibility index (Phi) is 5.57. The number of methoxy groups -OCH3 is 1. The number of hydrogen-bond donors (Lipinski definition) is 1. The van der Waals surface area contributed by atoms with E-state index in [0.717, 1.165) is 37.4 Å². The number of carbonyl (C=O) groups is 1. The predicted octanol–water partition coefficient (Wildman–Crippen LogP) is 5.30. The van der Waals surface area contributed by atoms with Gasteiger partial charge in [-0.1, -0.05) is 23.7 Å². The Morgan fingerprint density at radius 2 is 2.26 bits per heavy atom. The van der Waals surface area contributed by atoms with Crippen molar-refractivity contribution in [2.75, 3.05) is 31.7 Å². The average Bonchev–Trinajstić information content (AvgIpc) is 3.63. The van der Waals surface area contributed by atoms with Crippen molar-refractivity contribution < 1.29 is 19.4 Å². The lowest BCUT2D eigenvalue weighted by Crippen LogP contribution is -2.50. The number of aromatic carboxylic acids is 1. The molecule has 4 aliphatic rings. The number of hydrogen-bond acceptors (Lipinski definition) is 5. The maximum Gasteiger partial charge on any atom is 0.354 e. The summed E-state index contributed by atoms with van der Waals surface area (Å²) in [6.07, 6.45) is 6.38. The molecular formula is C28H31ClN2O4. The molecule has 0 amide bonds. The predicted molar refractivity (Wildman–Crippen MR) is 135 cm³/mol. The SMILES string of the molecule is C=C[C@H](OC)[C@@H]1CC[C@H]1CN1C[C@]2(COc3ccc(C(=O)O)nc31)C[C@@H]1C[C@@H]1c1cc(Cl)ccc12. The molecule has 1 N–H and O–H groups in total. The van der Waals surface area contributed by atoms with Crippen LogP contribution in [0.3, 0.4) is 0 Å². The van der Waals surface area contributed by atoms with Gasteiger partial charge in [0.05, 0.1) is 12.7 Å². The number of halogens is 1. The lowest BCUT2D eigenvalue weighted by Gasteiger charge is -2.45. The van der Waals surface area contributed by atoms with Crippen molar-refractivity contribution >= 4 is 23.4 Å². The van der Waals surface area contributed by atoms with E-state index in [1.807, 2.05) is 12.1 Å². The van der Waals surface area contributed by atoms with E-state index in [9.17, 15) is 9.90 Å². The number of rotatable bonds is 6. The lowest BCUT2D eigenvalue weighted by molar-refractivity contribution is 0.0134. The number of pyridine rings is 1. The molecule has 3 aliphatic carbocycles. The Morgan fingerprint density at radius 3 is 2.97 bits per heavy atom. The van der Waals surface area contributed by atoms with E-state index in [2.05, 4.69) is 28.6 Å². The quantitative estimate of drug-likeness (QED) is 0.549. The van der Waals surface area contributed by atoms with Crippen LogP contribution in [-0.4, -0.2) is 49.0 Å². The molecule has 0 saturated heterocycles. The van der Waals surface area contributed by atoms with Gasteiger partial charge in [-0.15, -0.1) is 6.58 Å². The molecule has 1 aromatic carbocycles. The summed E-state index contributed by atoms with van der Waals surface area (Å²) in [6, 6.07) is 9.62. The first kappa shape index (κ1) is 22.9. The van der Waals surface area contributed by atoms with Gasteiger partial charge in [-0.2, -0.15) is 0 Å². The van der Waals surface area contributed by atoms with Crippen molar-refractivity contribution in [1.82, 2.24) is 4.98 Å². The van der Waals surface area contributed by atoms with Gasteiger partial charge in [0.25, 0.3) is 0 Å². The first-order valence-corrected chi connectivity index (χ1v) is 12.9. The Bertz CT molecular complexity index is 1190. The summed E-state index contributed by atoms with van der Waals surface area (Å²) in [5, 5.41) is 10.4. The van der Waals surface area contributed by atoms with E-state index in [0.29, 0.717) is 41.8 Å². The minimum atomic E-state index is -1.03. The molecule has 35 heavy (non-hydrogen) atoms. The fourth-order valence-corrected chi connectivity index (χ4v) is 6.99. The van der Waals surface area contributed by atoms with Crippen LogP contribution < -0.4 is 9.64 Å². The van der Waals surface area contributed by atoms with E-state index in [4.69, 9.17) is 21.1 Å². The van der Waals surface area contributed by atoms with Gasteiger partial charge in [0.15, 0.2) is 17.3 Å². The molecule has 2 heterocycles. The van der Waals surface area contributed by atoms with E-state index < -0.39 is 5.97 Å². The smallest absolute Gasteiger partial charge is 0.354 e. The van der Waals surface area contributed by atoms with Crippen LogP contribution in [0.15, 0.2) is 43.0 Å². The molecule has 7 heteroatoms. The topological polar surface area (TPSA) is 71.9 Å². The number of carboxylic acid groups (broad SMARTS) is 1. The van der Waals surface area contributed by atoms with Crippen molar-refractivity contribution in [3.05, 3.63) is 64.8 Å². The largest absolute Gasteiger partial charge is 0.489 e. The van der Waals surface area contributed by atoms with Crippen LogP contribution in [0.5, 0.6) is 5.75 Å². The molecule has 1 aromatic heterocycles. The Hall–Kier alpha value is -2.57. The first-order valence-electron chi connectivity index (χ1n) is 12.5. The zero-order valence-corrected chi connectivity index (χ0v) is 20.7. The molecule has 1 aliphatic heterocycles. The molecule has 184 valence electrons. The van der Waals surface area contributed by atoms with Crippen molar-refractivity contribution in [2.24, 2.45) is 17.8 Å². The van der Waals surface area contributed by atoms with E-state index in [1.165, 1.54) is 23.6 Å². The summed E-state index contributed by atoms with van der Waals surface area (Å²) >= 11 is 6.41. The van der Waals surface area contributed by atoms with Crippen LogP contribution in [-0.2, 0) is 10.2 Å². The van der Waals surface area contributed by atoms with Crippen LogP contribution in [0.1, 0.15) is 53.2 Å². The van der Waals surface area contributed by atoms with E-state index in [1.54, 1.807) is 13.2 Å². The van der Waals surface area contributed by atoms with E-state index in [-0.39, 0.29) is 17.2 Å². The van der Waals surface area contributed by atoms with Crippen LogP contribution in [0, 0.1) is 17.8 Å². The van der Waals surface area contributed by atoms with Crippen molar-refractivity contribution in [3.63, 3.8) is 0 Å². The Labute approximate surface area is 210 Å². The molecule has 6 rings (SSSR count). The van der Waals surface area contributed by atoms with Gasteiger partial charge < -0.3 is 19.5 Å². The van der Waals surface area contributed by atoms with Gasteiger partial charge in [-0.3, -0.25) is 0 Å². The number of aromatic nitrogens is 1. The minimum absolute atomic E-state index is 0.0218. The van der Waals surface area contributed by atoms with Gasteiger partial charge in [-0.05, 0) is 84.7 Å². The molecule has 1 spiro atoms. The maximum absolute atomic E-state index is 11.8. The second-order valence-electron chi connectivity index (χ2n) is 10.7. The Morgan fingerprint density at radius 1 is 1.40 bits per heavy atom. The van der Waals surface area contributed by atoms with Gasteiger partial charge in [-0.25, -0.2) is 9.78 Å². The normalized spacial score (nSPS) is 31.2. The summed E-state index contributed by atoms with van der Waals surface area (Å²) in [6.45, 7) is 6.03. The molecular weight excluding hydrogens is 464 g/mol. The molecule has 6 nitrogen and oxygen atoms in total. The molecule has 2 aromatic rings. The lowest BCUT2D eigenvalue weighted by atomic mass is 9.68. The van der Waals surface area contributed by atoms with Gasteiger partial charge in [0.1, 0.15) is 0 Å². The highest BCUT2D eigenvalue weighted by Gasteiger charge is 2.54. The van der Waals surface area contributed by atoms with Crippen LogP contribution >= 0.6 is 11.6 Å². The third-order valence-corrected chi connectivity index (χ3v) is 9.01. The maximum atomic E-state index is 11.8. The third-order valence-electron chi connectivity index (χ3n) is 8.77. The molecule has 2 saturated carbocycles. The first-order chi connectivity index (χ1) is 16.9. The van der Waals surface area contributed by atoms with Crippen LogP contribution in [0.25, 0.3) is 0 Å². The van der Waals surface area contributed by atoms with E-state index >= 15 is 0 Å². The molecule has 6 atom stereocenters. The average molecular weight is 495 g/mol. The highest BCUT2D eigenvalue weighted by Crippen LogP contribution is 2.61. The zero-order valence-electron chi connectivity index (χ0n) is 20.0. The second-order valence-corrected chi connectivity index (χ2v) is 11.2. The Balaban J connectivity index is 1.40. The fraction of sp³-hybridized carbons (Fsp3) is 0.500. The zero-order chi connectivity index (χ0) is 24.3. The van der Waals surface area contributed by atoms with Crippen molar-refractivity contribution in [2.45, 2.75) is 43.1 Å². The van der Waals surface area contributed by atoms with Gasteiger partial charge in [0, 0.05) is 30.6 Å². The molecule has 0 radical (unpaired) electrons. The number of fused-ring (bicyclic) bond motifs is 5. The van der Waals surface area contributed by atoms with Crippen molar-refractivity contribution in [1.29, 1.82) is 0 Å². The summed E-state index contributed by atoms with van der Waals surface area (Å²) in [5.74, 6) is 2.31. The molecule has 2 fully saturated rings. The highest BCUT2D eigenvalue weighted by atomic mass is 35.5. The standard InChI is InChI=1S/C28H31ClN2O4/c1-3-24(34-2)19-6-4-16(19)13-31-14-28(15-35-25-9-8-23(27(32)33)30-26(25)31)12-17-10-20(17)21-11-18(29)5-7-22(21)28/h3,5,7-9,11,16-17,19-20,24H,1,4,6,10,12-15H2,2H3,(H,32,33)/t16-,17-,19+,20-,24-,28-/m0/s1. The summed E-state index contributed by atoms with van der Waals surface area (Å²) < 4.78 is 12.1. The monoisotopic (exact) mass is 494 g/mol. The van der Waals surface area contributed by atoms with Crippen molar-refractivity contribution in [3.8, 4) is 5.75 Å². The fourth-order valence-electron chi connectivity index (χ4n) is 6.81. The molecule has 0 unspecified atom stereocenters. The number of benzene rings is 1. The summed E-state index contributed by atoms with van der Waals surface area (Å²) in [5.41, 5.74) is 2.52. The van der Waals surface area contributed by atoms with Crippen LogP contribution in [0.4, 0.5) is 5.82 Å². The van der Waals surface area contributed by atoms with Gasteiger partial charge >= 0.3 is 5.97 Å². The second kappa shape index (κ2) is 8.52. The number of ether oxygens (including phenoxy) is 2. The third kappa shape index (κ3) is 3.82. The summed E-state index contributed by atoms with van der Waals surface area (Å²) in [4.78, 5) is 18.6. The number of anilines is 1. The highest BCUT2D eigenvalue weighted by molar-refractivity contribution is 6.30. The van der Waals surface area contributed by atoms with Crippen LogP contribution in [0.2, 0.25) is 5.02 Å². The number of carboxylic acids is 1. The number of nitrogens with zero attached hydrogens (tertiary/aromatic N) is 2. The minimum Gasteiger partial charge on any atom is -0.489 e. The molecule has 0 bridgehead atoms. The summed E-state index contributed by atoms with van der Waals surface area (Å²) in [7, 11) is 1.74. The van der Waals surface area contributed by atoms with Gasteiger partial charge in [0.2, 0.25) is 0 Å².